The van der Waals surface area contributed by atoms with Crippen LogP contribution >= 0.6 is 11.6 Å². The SMILES string of the molecule is CCOC(=O)Cc1ccc(Nc2ncnc(Cl)c2[N+](=O)[O-])cc1. The molecule has 120 valence electrons. The van der Waals surface area contributed by atoms with E-state index in [1.807, 2.05) is 0 Å². The molecule has 0 aliphatic rings. The molecule has 1 N–H and O–H groups in total. The van der Waals surface area contributed by atoms with Crippen LogP contribution in [-0.2, 0) is 16.0 Å². The third-order valence-electron chi connectivity index (χ3n) is 2.83. The van der Waals surface area contributed by atoms with Gasteiger partial charge in [0.2, 0.25) is 11.0 Å². The third kappa shape index (κ3) is 4.36. The number of aromatic nitrogens is 2. The number of nitro groups is 1. The minimum Gasteiger partial charge on any atom is -0.466 e. The lowest BCUT2D eigenvalue weighted by Gasteiger charge is -2.07. The highest BCUT2D eigenvalue weighted by Gasteiger charge is 2.21. The minimum atomic E-state index is -0.653. The Balaban J connectivity index is 2.14. The summed E-state index contributed by atoms with van der Waals surface area (Å²) in [6.07, 6.45) is 1.29. The van der Waals surface area contributed by atoms with E-state index < -0.39 is 10.6 Å². The van der Waals surface area contributed by atoms with Gasteiger partial charge in [-0.2, -0.15) is 0 Å². The highest BCUT2D eigenvalue weighted by molar-refractivity contribution is 6.31. The van der Waals surface area contributed by atoms with E-state index in [2.05, 4.69) is 15.3 Å². The summed E-state index contributed by atoms with van der Waals surface area (Å²) in [6.45, 7) is 2.07. The third-order valence-corrected chi connectivity index (χ3v) is 3.11. The molecule has 8 nitrogen and oxygen atoms in total. The molecule has 1 aromatic heterocycles. The van der Waals surface area contributed by atoms with E-state index in [1.165, 1.54) is 0 Å². The summed E-state index contributed by atoms with van der Waals surface area (Å²) in [6, 6.07) is 6.78. The molecular formula is C14H13ClN4O4. The zero-order chi connectivity index (χ0) is 16.8. The number of benzene rings is 1. The van der Waals surface area contributed by atoms with Crippen LogP contribution in [0.3, 0.4) is 0 Å². The molecule has 0 amide bonds. The number of carbonyl (C=O) groups is 1. The van der Waals surface area contributed by atoms with E-state index in [0.717, 1.165) is 11.9 Å². The van der Waals surface area contributed by atoms with E-state index in [0.29, 0.717) is 12.3 Å². The normalized spacial score (nSPS) is 10.2. The molecule has 0 spiro atoms. The van der Waals surface area contributed by atoms with Crippen molar-refractivity contribution in [1.29, 1.82) is 0 Å². The van der Waals surface area contributed by atoms with Gasteiger partial charge in [0.15, 0.2) is 0 Å². The van der Waals surface area contributed by atoms with Gasteiger partial charge < -0.3 is 10.1 Å². The van der Waals surface area contributed by atoms with Gasteiger partial charge in [-0.25, -0.2) is 9.97 Å². The van der Waals surface area contributed by atoms with Gasteiger partial charge in [-0.05, 0) is 24.6 Å². The molecule has 2 rings (SSSR count). The lowest BCUT2D eigenvalue weighted by Crippen LogP contribution is -2.07. The molecule has 9 heteroatoms. The quantitative estimate of drug-likeness (QED) is 0.374. The average molecular weight is 337 g/mol. The van der Waals surface area contributed by atoms with Crippen LogP contribution in [0.1, 0.15) is 12.5 Å². The molecule has 1 heterocycles. The highest BCUT2D eigenvalue weighted by atomic mass is 35.5. The average Bonchev–Trinajstić information content (AvgIpc) is 2.49. The van der Waals surface area contributed by atoms with E-state index >= 15 is 0 Å². The van der Waals surface area contributed by atoms with Crippen molar-refractivity contribution in [2.45, 2.75) is 13.3 Å². The smallest absolute Gasteiger partial charge is 0.348 e. The summed E-state index contributed by atoms with van der Waals surface area (Å²) in [5.41, 5.74) is 0.935. The number of hydrogen-bond acceptors (Lipinski definition) is 7. The Morgan fingerprint density at radius 3 is 2.65 bits per heavy atom. The number of halogens is 1. The maximum atomic E-state index is 11.4. The van der Waals surface area contributed by atoms with Crippen molar-refractivity contribution in [3.8, 4) is 0 Å². The van der Waals surface area contributed by atoms with E-state index in [-0.39, 0.29) is 23.4 Å². The standard InChI is InChI=1S/C14H13ClN4O4/c1-2-23-11(20)7-9-3-5-10(6-4-9)18-14-12(19(21)22)13(15)16-8-17-14/h3-6,8H,2,7H2,1H3,(H,16,17,18). The number of esters is 1. The maximum absolute atomic E-state index is 11.4. The van der Waals surface area contributed by atoms with Gasteiger partial charge in [0.25, 0.3) is 0 Å². The summed E-state index contributed by atoms with van der Waals surface area (Å²) in [5.74, 6) is -0.320. The number of ether oxygens (including phenoxy) is 1. The molecule has 2 aromatic rings. The molecular weight excluding hydrogens is 324 g/mol. The van der Waals surface area contributed by atoms with Crippen molar-refractivity contribution in [2.75, 3.05) is 11.9 Å². The second kappa shape index (κ2) is 7.50. The number of rotatable bonds is 6. The topological polar surface area (TPSA) is 107 Å². The van der Waals surface area contributed by atoms with Crippen LogP contribution in [0.25, 0.3) is 0 Å². The van der Waals surface area contributed by atoms with Crippen LogP contribution in [0.15, 0.2) is 30.6 Å². The first-order valence-electron chi connectivity index (χ1n) is 6.67. The summed E-state index contributed by atoms with van der Waals surface area (Å²) >= 11 is 5.72. The zero-order valence-electron chi connectivity index (χ0n) is 12.2. The van der Waals surface area contributed by atoms with Crippen molar-refractivity contribution in [1.82, 2.24) is 9.97 Å². The fraction of sp³-hybridized carbons (Fsp3) is 0.214. The van der Waals surface area contributed by atoms with Gasteiger partial charge in [0.05, 0.1) is 18.0 Å². The van der Waals surface area contributed by atoms with Gasteiger partial charge >= 0.3 is 11.7 Å². The molecule has 0 bridgehead atoms. The van der Waals surface area contributed by atoms with Gasteiger partial charge in [-0.15, -0.1) is 0 Å². The Bertz CT molecular complexity index is 721. The number of carbonyl (C=O) groups excluding carboxylic acids is 1. The van der Waals surface area contributed by atoms with Crippen molar-refractivity contribution in [3.63, 3.8) is 0 Å². The number of anilines is 2. The van der Waals surface area contributed by atoms with Crippen LogP contribution in [-0.4, -0.2) is 27.5 Å². The van der Waals surface area contributed by atoms with E-state index in [4.69, 9.17) is 16.3 Å². The van der Waals surface area contributed by atoms with Crippen molar-refractivity contribution >= 4 is 34.8 Å². The highest BCUT2D eigenvalue weighted by Crippen LogP contribution is 2.30. The maximum Gasteiger partial charge on any atom is 0.348 e. The first kappa shape index (κ1) is 16.6. The molecule has 0 aliphatic carbocycles. The van der Waals surface area contributed by atoms with Crippen molar-refractivity contribution in [2.24, 2.45) is 0 Å². The van der Waals surface area contributed by atoms with E-state index in [9.17, 15) is 14.9 Å². The molecule has 0 atom stereocenters. The van der Waals surface area contributed by atoms with Crippen LogP contribution in [0.4, 0.5) is 17.2 Å². The molecule has 0 fully saturated rings. The Morgan fingerprint density at radius 1 is 1.35 bits per heavy atom. The molecule has 0 aliphatic heterocycles. The molecule has 0 radical (unpaired) electrons. The number of nitrogens with one attached hydrogen (secondary N) is 1. The van der Waals surface area contributed by atoms with E-state index in [1.54, 1.807) is 31.2 Å². The Morgan fingerprint density at radius 2 is 2.04 bits per heavy atom. The predicted octanol–water partition coefficient (Wildman–Crippen LogP) is 2.89. The molecule has 1 aromatic carbocycles. The summed E-state index contributed by atoms with van der Waals surface area (Å²) < 4.78 is 4.87. The molecule has 0 saturated heterocycles. The van der Waals surface area contributed by atoms with Gasteiger partial charge in [0, 0.05) is 5.69 Å². The number of nitrogens with zero attached hydrogens (tertiary/aromatic N) is 3. The fourth-order valence-corrected chi connectivity index (χ4v) is 2.03. The molecule has 0 unspecified atom stereocenters. The minimum absolute atomic E-state index is 0.00635. The Labute approximate surface area is 136 Å². The van der Waals surface area contributed by atoms with Crippen LogP contribution < -0.4 is 5.32 Å². The fourth-order valence-electron chi connectivity index (χ4n) is 1.83. The first-order valence-corrected chi connectivity index (χ1v) is 7.05. The second-order valence-corrected chi connectivity index (χ2v) is 4.78. The van der Waals surface area contributed by atoms with Gasteiger partial charge in [-0.1, -0.05) is 23.7 Å². The van der Waals surface area contributed by atoms with Crippen LogP contribution in [0.5, 0.6) is 0 Å². The summed E-state index contributed by atoms with van der Waals surface area (Å²) in [7, 11) is 0. The van der Waals surface area contributed by atoms with Crippen LogP contribution in [0, 0.1) is 10.1 Å². The first-order chi connectivity index (χ1) is 11.0. The summed E-state index contributed by atoms with van der Waals surface area (Å²) in [5, 5.41) is 13.6. The molecule has 23 heavy (non-hydrogen) atoms. The Hall–Kier alpha value is -2.74. The predicted molar refractivity (Wildman–Crippen MR) is 83.8 cm³/mol. The zero-order valence-corrected chi connectivity index (χ0v) is 12.9. The molecule has 0 saturated carbocycles. The second-order valence-electron chi connectivity index (χ2n) is 4.42. The van der Waals surface area contributed by atoms with Gasteiger partial charge in [0.1, 0.15) is 6.33 Å². The number of hydrogen-bond donors (Lipinski definition) is 1. The van der Waals surface area contributed by atoms with Gasteiger partial charge in [-0.3, -0.25) is 14.9 Å². The summed E-state index contributed by atoms with van der Waals surface area (Å²) in [4.78, 5) is 29.2. The van der Waals surface area contributed by atoms with Crippen LogP contribution in [0.2, 0.25) is 5.15 Å². The largest absolute Gasteiger partial charge is 0.466 e. The Kier molecular flexibility index (Phi) is 5.42. The lowest BCUT2D eigenvalue weighted by molar-refractivity contribution is -0.384. The lowest BCUT2D eigenvalue weighted by atomic mass is 10.1. The van der Waals surface area contributed by atoms with Crippen molar-refractivity contribution < 1.29 is 14.5 Å². The van der Waals surface area contributed by atoms with Crippen molar-refractivity contribution in [3.05, 3.63) is 51.4 Å². The monoisotopic (exact) mass is 336 g/mol.